The third kappa shape index (κ3) is 10.3. The summed E-state index contributed by atoms with van der Waals surface area (Å²) >= 11 is 0. The van der Waals surface area contributed by atoms with E-state index in [-0.39, 0.29) is 61.8 Å². The van der Waals surface area contributed by atoms with Gasteiger partial charge in [-0.25, -0.2) is 9.59 Å². The van der Waals surface area contributed by atoms with E-state index in [0.29, 0.717) is 23.7 Å². The molecular weight excluding hydrogens is 664 g/mol. The largest absolute Gasteiger partial charge is 0.462 e. The maximum atomic E-state index is 13.4. The molecule has 8 atom stereocenters. The monoisotopic (exact) mass is 726 g/mol. The van der Waals surface area contributed by atoms with Gasteiger partial charge in [0.15, 0.2) is 13.6 Å². The Kier molecular flexibility index (Phi) is 14.3. The minimum atomic E-state index is -0.496. The quantitative estimate of drug-likeness (QED) is 0.0805. The molecule has 6 aliphatic rings. The van der Waals surface area contributed by atoms with Gasteiger partial charge in [-0.2, -0.15) is 0 Å². The Morgan fingerprint density at radius 1 is 0.462 bits per heavy atom. The Labute approximate surface area is 310 Å². The van der Waals surface area contributed by atoms with Gasteiger partial charge >= 0.3 is 23.9 Å². The minimum Gasteiger partial charge on any atom is -0.462 e. The summed E-state index contributed by atoms with van der Waals surface area (Å²) in [6.07, 6.45) is 22.2. The van der Waals surface area contributed by atoms with E-state index in [2.05, 4.69) is 13.2 Å². The van der Waals surface area contributed by atoms with E-state index >= 15 is 0 Å². The van der Waals surface area contributed by atoms with Crippen LogP contribution < -0.4 is 0 Å². The molecule has 6 saturated carbocycles. The zero-order valence-corrected chi connectivity index (χ0v) is 31.1. The SMILES string of the molecule is C=CC(=O)OCOC1CCC(C(=O)OC2CCC3CCCC(C4CCCC5CCC(OC(=O)C6CCC(OCOC(=O)C=C)CC6)CC54)C3C2)CC1. The minimum absolute atomic E-state index is 0.00346. The van der Waals surface area contributed by atoms with Crippen LogP contribution in [0.25, 0.3) is 0 Å². The molecule has 0 aliphatic heterocycles. The third-order valence-electron chi connectivity index (χ3n) is 13.8. The number of esters is 4. The van der Waals surface area contributed by atoms with E-state index in [1.807, 2.05) is 0 Å². The fraction of sp³-hybridized carbons (Fsp3) is 0.810. The average molecular weight is 727 g/mol. The zero-order valence-electron chi connectivity index (χ0n) is 31.1. The van der Waals surface area contributed by atoms with Crippen molar-refractivity contribution in [1.82, 2.24) is 0 Å². The molecule has 0 aromatic heterocycles. The second-order valence-electron chi connectivity index (χ2n) is 16.6. The lowest BCUT2D eigenvalue weighted by Crippen LogP contribution is -2.46. The van der Waals surface area contributed by atoms with Crippen molar-refractivity contribution in [2.75, 3.05) is 13.6 Å². The van der Waals surface area contributed by atoms with Crippen LogP contribution in [0.2, 0.25) is 0 Å². The van der Waals surface area contributed by atoms with Gasteiger partial charge in [-0.1, -0.05) is 38.8 Å². The van der Waals surface area contributed by atoms with Gasteiger partial charge in [-0.05, 0) is 138 Å². The lowest BCUT2D eigenvalue weighted by atomic mass is 9.54. The van der Waals surface area contributed by atoms with Crippen LogP contribution in [0.1, 0.15) is 128 Å². The Bertz CT molecular complexity index is 1140. The summed E-state index contributed by atoms with van der Waals surface area (Å²) in [4.78, 5) is 49.3. The molecule has 0 aromatic carbocycles. The molecule has 0 radical (unpaired) electrons. The number of ether oxygens (including phenoxy) is 6. The highest BCUT2D eigenvalue weighted by molar-refractivity contribution is 5.81. The van der Waals surface area contributed by atoms with E-state index in [1.54, 1.807) is 0 Å². The van der Waals surface area contributed by atoms with Gasteiger partial charge in [0.1, 0.15) is 12.2 Å². The van der Waals surface area contributed by atoms with Crippen LogP contribution in [0, 0.1) is 47.3 Å². The van der Waals surface area contributed by atoms with Crippen LogP contribution in [-0.2, 0) is 47.6 Å². The zero-order chi connectivity index (χ0) is 36.5. The van der Waals surface area contributed by atoms with Crippen LogP contribution in [0.3, 0.4) is 0 Å². The highest BCUT2D eigenvalue weighted by atomic mass is 16.7. The lowest BCUT2D eigenvalue weighted by Gasteiger charge is -2.52. The van der Waals surface area contributed by atoms with E-state index in [1.165, 1.54) is 38.5 Å². The fourth-order valence-corrected chi connectivity index (χ4v) is 11.1. The Balaban J connectivity index is 0.971. The molecule has 6 aliphatic carbocycles. The number of hydrogen-bond donors (Lipinski definition) is 0. The van der Waals surface area contributed by atoms with Crippen LogP contribution in [0.15, 0.2) is 25.3 Å². The van der Waals surface area contributed by atoms with Gasteiger partial charge in [0.2, 0.25) is 0 Å². The van der Waals surface area contributed by atoms with E-state index in [4.69, 9.17) is 28.4 Å². The van der Waals surface area contributed by atoms with Gasteiger partial charge in [-0.15, -0.1) is 0 Å². The first kappa shape index (κ1) is 39.0. The first-order chi connectivity index (χ1) is 25.3. The number of fused-ring (bicyclic) bond motifs is 2. The molecular formula is C42H62O10. The van der Waals surface area contributed by atoms with Crippen molar-refractivity contribution in [2.24, 2.45) is 47.3 Å². The van der Waals surface area contributed by atoms with E-state index in [9.17, 15) is 19.2 Å². The Morgan fingerprint density at radius 3 is 1.23 bits per heavy atom. The molecule has 0 saturated heterocycles. The van der Waals surface area contributed by atoms with Gasteiger partial charge in [-0.3, -0.25) is 9.59 Å². The van der Waals surface area contributed by atoms with Crippen molar-refractivity contribution in [3.05, 3.63) is 25.3 Å². The molecule has 6 rings (SSSR count). The van der Waals surface area contributed by atoms with Crippen LogP contribution >= 0.6 is 0 Å². The number of carbonyl (C=O) groups is 4. The molecule has 0 heterocycles. The van der Waals surface area contributed by atoms with E-state index < -0.39 is 11.9 Å². The maximum absolute atomic E-state index is 13.4. The molecule has 0 spiro atoms. The summed E-state index contributed by atoms with van der Waals surface area (Å²) in [7, 11) is 0. The predicted octanol–water partition coefficient (Wildman–Crippen LogP) is 7.77. The Morgan fingerprint density at radius 2 is 0.846 bits per heavy atom. The van der Waals surface area contributed by atoms with Crippen molar-refractivity contribution < 1.29 is 47.6 Å². The molecule has 8 unspecified atom stereocenters. The van der Waals surface area contributed by atoms with Gasteiger partial charge in [0.25, 0.3) is 0 Å². The summed E-state index contributed by atoms with van der Waals surface area (Å²) in [5.41, 5.74) is 0. The molecule has 10 heteroatoms. The molecule has 0 aromatic rings. The van der Waals surface area contributed by atoms with Gasteiger partial charge < -0.3 is 28.4 Å². The molecule has 0 amide bonds. The normalized spacial score (nSPS) is 37.6. The summed E-state index contributed by atoms with van der Waals surface area (Å²) in [6, 6.07) is 0. The predicted molar refractivity (Wildman–Crippen MR) is 192 cm³/mol. The van der Waals surface area contributed by atoms with Gasteiger partial charge in [0.05, 0.1) is 24.0 Å². The molecule has 52 heavy (non-hydrogen) atoms. The molecule has 290 valence electrons. The van der Waals surface area contributed by atoms with Crippen LogP contribution in [-0.4, -0.2) is 61.9 Å². The maximum Gasteiger partial charge on any atom is 0.332 e. The standard InChI is InChI=1S/C42H62O10/c1-3-39(43)49-25-47-31-17-13-29(14-18-31)41(45)51-33-21-11-27-7-5-9-35(37(27)23-33)36-10-6-8-28-12-22-34(24-38(28)36)52-42(46)30-15-19-32(20-16-30)48-26-50-40(44)4-2/h3-4,27-38H,1-2,5-26H2. The van der Waals surface area contributed by atoms with Crippen molar-refractivity contribution in [3.63, 3.8) is 0 Å². The van der Waals surface area contributed by atoms with Crippen molar-refractivity contribution in [2.45, 2.75) is 153 Å². The number of rotatable bonds is 13. The molecule has 0 bridgehead atoms. The summed E-state index contributed by atoms with van der Waals surface area (Å²) in [6.45, 7) is 6.63. The van der Waals surface area contributed by atoms with Crippen LogP contribution in [0.5, 0.6) is 0 Å². The smallest absolute Gasteiger partial charge is 0.332 e. The lowest BCUT2D eigenvalue weighted by molar-refractivity contribution is -0.167. The number of hydrogen-bond acceptors (Lipinski definition) is 10. The second kappa shape index (κ2) is 19.0. The molecule has 10 nitrogen and oxygen atoms in total. The van der Waals surface area contributed by atoms with Crippen molar-refractivity contribution in [1.29, 1.82) is 0 Å². The average Bonchev–Trinajstić information content (AvgIpc) is 3.17. The third-order valence-corrected chi connectivity index (χ3v) is 13.8. The van der Waals surface area contributed by atoms with Crippen molar-refractivity contribution in [3.8, 4) is 0 Å². The highest BCUT2D eigenvalue weighted by Gasteiger charge is 2.48. The number of carbonyl (C=O) groups excluding carboxylic acids is 4. The fourth-order valence-electron chi connectivity index (χ4n) is 11.1. The highest BCUT2D eigenvalue weighted by Crippen LogP contribution is 2.55. The van der Waals surface area contributed by atoms with Gasteiger partial charge in [0, 0.05) is 12.2 Å². The molecule has 0 N–H and O–H groups in total. The van der Waals surface area contributed by atoms with Crippen LogP contribution in [0.4, 0.5) is 0 Å². The molecule has 6 fully saturated rings. The second-order valence-corrected chi connectivity index (χ2v) is 16.6. The Hall–Kier alpha value is -2.72. The summed E-state index contributed by atoms with van der Waals surface area (Å²) in [5, 5.41) is 0. The first-order valence-electron chi connectivity index (χ1n) is 20.5. The summed E-state index contributed by atoms with van der Waals surface area (Å²) < 4.78 is 33.9. The van der Waals surface area contributed by atoms with Crippen molar-refractivity contribution >= 4 is 23.9 Å². The topological polar surface area (TPSA) is 124 Å². The van der Waals surface area contributed by atoms with E-state index in [0.717, 1.165) is 114 Å². The summed E-state index contributed by atoms with van der Waals surface area (Å²) in [5.74, 6) is 2.71. The first-order valence-corrected chi connectivity index (χ1v) is 20.5.